The molecule has 0 fully saturated rings. The van der Waals surface area contributed by atoms with Gasteiger partial charge in [0.2, 0.25) is 0 Å². The molecule has 0 spiro atoms. The fourth-order valence-electron chi connectivity index (χ4n) is 0.858. The molecule has 0 radical (unpaired) electrons. The summed E-state index contributed by atoms with van der Waals surface area (Å²) in [5, 5.41) is 0. The zero-order chi connectivity index (χ0) is 10.6. The number of hydrogen-bond acceptors (Lipinski definition) is 2. The van der Waals surface area contributed by atoms with Gasteiger partial charge < -0.3 is 0 Å². The van der Waals surface area contributed by atoms with E-state index < -0.39 is 13.0 Å². The van der Waals surface area contributed by atoms with E-state index >= 15 is 0 Å². The number of halogens is 3. The quantitative estimate of drug-likeness (QED) is 0.707. The Balaban J connectivity index is 2.56. The van der Waals surface area contributed by atoms with Gasteiger partial charge in [0.1, 0.15) is 6.29 Å². The number of carbonyl (C=O) groups is 1. The minimum atomic E-state index is -4.62. The topological polar surface area (TPSA) is 26.3 Å². The van der Waals surface area contributed by atoms with Gasteiger partial charge in [-0.2, -0.15) is 0 Å². The highest BCUT2D eigenvalue weighted by Gasteiger charge is 2.28. The van der Waals surface area contributed by atoms with Crippen LogP contribution in [0, 0.1) is 0 Å². The standard InChI is InChI=1S/C9H7F3O2/c10-9(11,12)14-6-8-3-1-7(5-13)2-4-8/h1-5H,6H2. The zero-order valence-electron chi connectivity index (χ0n) is 7.04. The minimum absolute atomic E-state index is 0.368. The molecule has 0 amide bonds. The van der Waals surface area contributed by atoms with Gasteiger partial charge in [-0.05, 0) is 5.56 Å². The molecule has 0 aliphatic carbocycles. The molecule has 0 unspecified atom stereocenters. The first-order chi connectivity index (χ1) is 6.51. The minimum Gasteiger partial charge on any atom is -0.298 e. The molecule has 0 atom stereocenters. The number of benzene rings is 1. The lowest BCUT2D eigenvalue weighted by Gasteiger charge is -2.06. The maximum absolute atomic E-state index is 11.6. The molecule has 14 heavy (non-hydrogen) atoms. The van der Waals surface area contributed by atoms with E-state index in [4.69, 9.17) is 0 Å². The molecule has 76 valence electrons. The number of carbonyl (C=O) groups excluding carboxylic acids is 1. The Morgan fingerprint density at radius 1 is 1.21 bits per heavy atom. The number of alkyl halides is 3. The number of aldehydes is 1. The summed E-state index contributed by atoms with van der Waals surface area (Å²) in [6.45, 7) is -0.539. The van der Waals surface area contributed by atoms with Crippen LogP contribution in [0.4, 0.5) is 13.2 Å². The maximum atomic E-state index is 11.6. The molecule has 0 heterocycles. The van der Waals surface area contributed by atoms with E-state index in [0.717, 1.165) is 0 Å². The molecule has 1 aromatic carbocycles. The SMILES string of the molecule is O=Cc1ccc(COC(F)(F)F)cc1. The van der Waals surface area contributed by atoms with Crippen molar-refractivity contribution in [2.24, 2.45) is 0 Å². The van der Waals surface area contributed by atoms with Crippen molar-refractivity contribution in [2.45, 2.75) is 13.0 Å². The van der Waals surface area contributed by atoms with Crippen molar-refractivity contribution in [2.75, 3.05) is 0 Å². The normalized spacial score (nSPS) is 11.4. The molecule has 0 N–H and O–H groups in total. The molecule has 0 aliphatic heterocycles. The van der Waals surface area contributed by atoms with Gasteiger partial charge in [-0.1, -0.05) is 24.3 Å². The van der Waals surface area contributed by atoms with Crippen molar-refractivity contribution in [3.63, 3.8) is 0 Å². The average Bonchev–Trinajstić information content (AvgIpc) is 2.14. The van der Waals surface area contributed by atoms with E-state index in [2.05, 4.69) is 4.74 Å². The zero-order valence-corrected chi connectivity index (χ0v) is 7.04. The van der Waals surface area contributed by atoms with Gasteiger partial charge in [0, 0.05) is 5.56 Å². The summed E-state index contributed by atoms with van der Waals surface area (Å²) < 4.78 is 38.4. The van der Waals surface area contributed by atoms with Gasteiger partial charge in [-0.15, -0.1) is 13.2 Å². The van der Waals surface area contributed by atoms with Crippen LogP contribution in [0.3, 0.4) is 0 Å². The van der Waals surface area contributed by atoms with E-state index in [1.54, 1.807) is 0 Å². The van der Waals surface area contributed by atoms with Gasteiger partial charge in [-0.25, -0.2) is 0 Å². The smallest absolute Gasteiger partial charge is 0.298 e. The molecule has 0 aromatic heterocycles. The summed E-state index contributed by atoms with van der Waals surface area (Å²) in [7, 11) is 0. The lowest BCUT2D eigenvalue weighted by atomic mass is 10.2. The third-order valence-corrected chi connectivity index (χ3v) is 1.52. The largest absolute Gasteiger partial charge is 0.522 e. The van der Waals surface area contributed by atoms with Crippen molar-refractivity contribution < 1.29 is 22.7 Å². The van der Waals surface area contributed by atoms with Crippen LogP contribution in [0.5, 0.6) is 0 Å². The number of hydrogen-bond donors (Lipinski definition) is 0. The van der Waals surface area contributed by atoms with Crippen LogP contribution in [0.15, 0.2) is 24.3 Å². The highest BCUT2D eigenvalue weighted by molar-refractivity contribution is 5.74. The van der Waals surface area contributed by atoms with Gasteiger partial charge in [-0.3, -0.25) is 9.53 Å². The van der Waals surface area contributed by atoms with Gasteiger partial charge >= 0.3 is 6.36 Å². The fraction of sp³-hybridized carbons (Fsp3) is 0.222. The molecule has 5 heteroatoms. The van der Waals surface area contributed by atoms with E-state index in [-0.39, 0.29) is 0 Å². The molecular weight excluding hydrogens is 197 g/mol. The molecule has 0 saturated heterocycles. The second-order valence-corrected chi connectivity index (χ2v) is 2.59. The fourth-order valence-corrected chi connectivity index (χ4v) is 0.858. The average molecular weight is 204 g/mol. The lowest BCUT2D eigenvalue weighted by molar-refractivity contribution is -0.330. The summed E-state index contributed by atoms with van der Waals surface area (Å²) in [4.78, 5) is 10.2. The van der Waals surface area contributed by atoms with Crippen LogP contribution in [0.25, 0.3) is 0 Å². The maximum Gasteiger partial charge on any atom is 0.522 e. The third-order valence-electron chi connectivity index (χ3n) is 1.52. The van der Waals surface area contributed by atoms with E-state index in [1.165, 1.54) is 24.3 Å². The Bertz CT molecular complexity index is 303. The lowest BCUT2D eigenvalue weighted by Crippen LogP contribution is -2.12. The van der Waals surface area contributed by atoms with Crippen molar-refractivity contribution in [1.29, 1.82) is 0 Å². The first kappa shape index (κ1) is 10.7. The second kappa shape index (κ2) is 4.23. The summed E-state index contributed by atoms with van der Waals surface area (Å²) >= 11 is 0. The Morgan fingerprint density at radius 2 is 1.79 bits per heavy atom. The van der Waals surface area contributed by atoms with E-state index in [1.807, 2.05) is 0 Å². The van der Waals surface area contributed by atoms with Gasteiger partial charge in [0.25, 0.3) is 0 Å². The van der Waals surface area contributed by atoms with E-state index in [0.29, 0.717) is 17.4 Å². The summed E-state index contributed by atoms with van der Waals surface area (Å²) in [6, 6.07) is 5.69. The molecule has 0 saturated carbocycles. The molecule has 0 aliphatic rings. The Hall–Kier alpha value is -1.36. The van der Waals surface area contributed by atoms with Crippen LogP contribution in [-0.2, 0) is 11.3 Å². The summed E-state index contributed by atoms with van der Waals surface area (Å²) in [5.74, 6) is 0. The molecule has 0 bridgehead atoms. The Labute approximate surface area is 78.3 Å². The monoisotopic (exact) mass is 204 g/mol. The van der Waals surface area contributed by atoms with Crippen LogP contribution in [0.1, 0.15) is 15.9 Å². The molecule has 1 aromatic rings. The predicted molar refractivity (Wildman–Crippen MR) is 42.7 cm³/mol. The summed E-state index contributed by atoms with van der Waals surface area (Å²) in [6.07, 6.45) is -4.00. The van der Waals surface area contributed by atoms with Crippen molar-refractivity contribution in [1.82, 2.24) is 0 Å². The highest BCUT2D eigenvalue weighted by atomic mass is 19.4. The van der Waals surface area contributed by atoms with Crippen molar-refractivity contribution in [3.8, 4) is 0 Å². The summed E-state index contributed by atoms with van der Waals surface area (Å²) in [5.41, 5.74) is 0.786. The number of ether oxygens (including phenoxy) is 1. The third kappa shape index (κ3) is 3.57. The molecule has 2 nitrogen and oxygen atoms in total. The Kier molecular flexibility index (Phi) is 3.24. The van der Waals surface area contributed by atoms with Crippen LogP contribution >= 0.6 is 0 Å². The van der Waals surface area contributed by atoms with Crippen molar-refractivity contribution in [3.05, 3.63) is 35.4 Å². The number of rotatable bonds is 3. The second-order valence-electron chi connectivity index (χ2n) is 2.59. The highest BCUT2D eigenvalue weighted by Crippen LogP contribution is 2.18. The Morgan fingerprint density at radius 3 is 2.21 bits per heavy atom. The van der Waals surface area contributed by atoms with Crippen LogP contribution < -0.4 is 0 Å². The first-order valence-electron chi connectivity index (χ1n) is 3.76. The predicted octanol–water partition coefficient (Wildman–Crippen LogP) is 2.54. The van der Waals surface area contributed by atoms with E-state index in [9.17, 15) is 18.0 Å². The van der Waals surface area contributed by atoms with Gasteiger partial charge in [0.05, 0.1) is 6.61 Å². The van der Waals surface area contributed by atoms with Crippen LogP contribution in [0.2, 0.25) is 0 Å². The molecule has 1 rings (SSSR count). The first-order valence-corrected chi connectivity index (χ1v) is 3.76. The van der Waals surface area contributed by atoms with Gasteiger partial charge in [0.15, 0.2) is 0 Å². The van der Waals surface area contributed by atoms with Crippen molar-refractivity contribution >= 4 is 6.29 Å². The van der Waals surface area contributed by atoms with Crippen LogP contribution in [-0.4, -0.2) is 12.6 Å². The molecular formula is C9H7F3O2.